The van der Waals surface area contributed by atoms with Crippen LogP contribution in [0.3, 0.4) is 0 Å². The summed E-state index contributed by atoms with van der Waals surface area (Å²) >= 11 is 0. The average molecular weight is 504 g/mol. The lowest BCUT2D eigenvalue weighted by atomic mass is 9.80. The maximum absolute atomic E-state index is 13.9. The van der Waals surface area contributed by atoms with E-state index in [0.717, 1.165) is 23.1 Å². The van der Waals surface area contributed by atoms with E-state index in [2.05, 4.69) is 66.0 Å². The van der Waals surface area contributed by atoms with Crippen LogP contribution in [0.5, 0.6) is 0 Å². The molecule has 0 fully saturated rings. The van der Waals surface area contributed by atoms with E-state index < -0.39 is 0 Å². The monoisotopic (exact) mass is 503 g/mol. The summed E-state index contributed by atoms with van der Waals surface area (Å²) in [5.74, 6) is -0.259. The number of ether oxygens (including phenoxy) is 1. The third-order valence-electron chi connectivity index (χ3n) is 6.80. The molecule has 0 aliphatic carbocycles. The van der Waals surface area contributed by atoms with Crippen molar-refractivity contribution in [1.82, 2.24) is 5.32 Å². The van der Waals surface area contributed by atoms with Crippen molar-refractivity contribution in [3.63, 3.8) is 0 Å². The molecular weight excluding hydrogens is 466 g/mol. The lowest BCUT2D eigenvalue weighted by Gasteiger charge is -2.27. The van der Waals surface area contributed by atoms with Gasteiger partial charge in [-0.3, -0.25) is 4.79 Å². The van der Waals surface area contributed by atoms with Crippen molar-refractivity contribution in [1.29, 1.82) is 0 Å². The molecule has 0 spiro atoms. The Morgan fingerprint density at radius 3 is 1.87 bits per heavy atom. The molecule has 0 unspecified atom stereocenters. The molecule has 4 aromatic carbocycles. The largest absolute Gasteiger partial charge is 0.376 e. The Kier molecular flexibility index (Phi) is 10.5. The summed E-state index contributed by atoms with van der Waals surface area (Å²) in [4.78, 5) is 13.9. The van der Waals surface area contributed by atoms with Gasteiger partial charge < -0.3 is 10.1 Å². The number of hydrogen-bond acceptors (Lipinski definition) is 2. The summed E-state index contributed by atoms with van der Waals surface area (Å²) in [6.07, 6.45) is 5.80. The molecule has 3 heteroatoms. The molecule has 0 saturated heterocycles. The minimum Gasteiger partial charge on any atom is -0.376 e. The number of amides is 1. The quantitative estimate of drug-likeness (QED) is 0.150. The van der Waals surface area contributed by atoms with Crippen LogP contribution in [0, 0.1) is 5.92 Å². The summed E-state index contributed by atoms with van der Waals surface area (Å²) in [7, 11) is 0. The minimum absolute atomic E-state index is 0.0593. The molecule has 0 heterocycles. The summed E-state index contributed by atoms with van der Waals surface area (Å²) in [6.45, 7) is 3.28. The maximum atomic E-state index is 13.9. The zero-order chi connectivity index (χ0) is 26.4. The van der Waals surface area contributed by atoms with Crippen LogP contribution in [0.25, 0.3) is 0 Å². The maximum Gasteiger partial charge on any atom is 0.224 e. The minimum atomic E-state index is -0.257. The van der Waals surface area contributed by atoms with Crippen LogP contribution >= 0.6 is 0 Å². The highest BCUT2D eigenvalue weighted by Crippen LogP contribution is 2.31. The highest BCUT2D eigenvalue weighted by Gasteiger charge is 2.29. The van der Waals surface area contributed by atoms with E-state index in [9.17, 15) is 4.79 Å². The van der Waals surface area contributed by atoms with Gasteiger partial charge in [-0.1, -0.05) is 133 Å². The van der Waals surface area contributed by atoms with E-state index in [1.165, 1.54) is 5.56 Å². The van der Waals surface area contributed by atoms with Gasteiger partial charge in [0.1, 0.15) is 0 Å². The molecule has 3 atom stereocenters. The number of benzene rings is 4. The number of rotatable bonds is 13. The van der Waals surface area contributed by atoms with Gasteiger partial charge in [-0.2, -0.15) is 0 Å². The van der Waals surface area contributed by atoms with Crippen molar-refractivity contribution in [2.75, 3.05) is 6.61 Å². The molecule has 38 heavy (non-hydrogen) atoms. The molecule has 0 aromatic heterocycles. The van der Waals surface area contributed by atoms with Gasteiger partial charge in [-0.25, -0.2) is 0 Å². The summed E-state index contributed by atoms with van der Waals surface area (Å²) in [6, 6.07) is 40.9. The molecule has 194 valence electrons. The van der Waals surface area contributed by atoms with Crippen molar-refractivity contribution >= 4 is 5.91 Å². The van der Waals surface area contributed by atoms with Crippen molar-refractivity contribution in [3.8, 4) is 0 Å². The predicted octanol–water partition coefficient (Wildman–Crippen LogP) is 7.67. The Bertz CT molecular complexity index is 1240. The molecule has 3 nitrogen and oxygen atoms in total. The van der Waals surface area contributed by atoms with Crippen LogP contribution in [-0.2, 0) is 22.6 Å². The standard InChI is InChI=1S/C35H37NO2/c1-28(31-20-10-4-11-21-31)36-35(37)34(26-29-16-6-2-7-17-29)33(32-22-12-5-13-23-32)24-14-15-25-38-27-30-18-8-3-9-19-30/h2-14,16-24,28,33-34H,15,25-27H2,1H3,(H,36,37)/b24-14+/t28-,33+,34+/m1/s1. The van der Waals surface area contributed by atoms with E-state index in [1.807, 2.05) is 79.7 Å². The van der Waals surface area contributed by atoms with Crippen LogP contribution in [-0.4, -0.2) is 12.5 Å². The second-order valence-electron chi connectivity index (χ2n) is 9.63. The van der Waals surface area contributed by atoms with Gasteiger partial charge in [0.05, 0.1) is 25.2 Å². The van der Waals surface area contributed by atoms with Crippen molar-refractivity contribution in [2.45, 2.75) is 38.3 Å². The topological polar surface area (TPSA) is 38.3 Å². The fourth-order valence-corrected chi connectivity index (χ4v) is 4.71. The SMILES string of the molecule is C[C@@H](NC(=O)[C@@H](Cc1ccccc1)[C@@H](/C=C/CCOCc1ccccc1)c1ccccc1)c1ccccc1. The first-order valence-corrected chi connectivity index (χ1v) is 13.4. The Hall–Kier alpha value is -3.95. The summed E-state index contributed by atoms with van der Waals surface area (Å²) in [5, 5.41) is 3.30. The molecule has 0 bridgehead atoms. The van der Waals surface area contributed by atoms with Crippen molar-refractivity contribution in [3.05, 3.63) is 156 Å². The molecule has 0 radical (unpaired) electrons. The predicted molar refractivity (Wildman–Crippen MR) is 156 cm³/mol. The molecule has 4 aromatic rings. The zero-order valence-electron chi connectivity index (χ0n) is 22.1. The highest BCUT2D eigenvalue weighted by molar-refractivity contribution is 5.81. The van der Waals surface area contributed by atoms with Gasteiger partial charge in [0, 0.05) is 5.92 Å². The molecular formula is C35H37NO2. The number of hydrogen-bond donors (Lipinski definition) is 1. The summed E-state index contributed by atoms with van der Waals surface area (Å²) < 4.78 is 5.88. The highest BCUT2D eigenvalue weighted by atomic mass is 16.5. The van der Waals surface area contributed by atoms with E-state index in [4.69, 9.17) is 4.74 Å². The fraction of sp³-hybridized carbons (Fsp3) is 0.229. The second kappa shape index (κ2) is 14.7. The van der Waals surface area contributed by atoms with Gasteiger partial charge in [-0.15, -0.1) is 0 Å². The van der Waals surface area contributed by atoms with Crippen LogP contribution in [0.15, 0.2) is 133 Å². The lowest BCUT2D eigenvalue weighted by Crippen LogP contribution is -2.36. The molecule has 1 amide bonds. The smallest absolute Gasteiger partial charge is 0.224 e. The second-order valence-corrected chi connectivity index (χ2v) is 9.63. The number of carbonyl (C=O) groups is 1. The van der Waals surface area contributed by atoms with Crippen LogP contribution in [0.1, 0.15) is 47.6 Å². The zero-order valence-corrected chi connectivity index (χ0v) is 22.1. The molecule has 4 rings (SSSR count). The molecule has 0 saturated carbocycles. The van der Waals surface area contributed by atoms with E-state index >= 15 is 0 Å². The molecule has 0 aliphatic rings. The van der Waals surface area contributed by atoms with Gasteiger partial charge in [-0.05, 0) is 42.0 Å². The van der Waals surface area contributed by atoms with Crippen LogP contribution < -0.4 is 5.32 Å². The van der Waals surface area contributed by atoms with Gasteiger partial charge >= 0.3 is 0 Å². The molecule has 1 N–H and O–H groups in total. The number of allylic oxidation sites excluding steroid dienone is 1. The van der Waals surface area contributed by atoms with Gasteiger partial charge in [0.15, 0.2) is 0 Å². The fourth-order valence-electron chi connectivity index (χ4n) is 4.71. The van der Waals surface area contributed by atoms with E-state index in [-0.39, 0.29) is 23.8 Å². The third kappa shape index (κ3) is 8.29. The normalized spacial score (nSPS) is 13.6. The Morgan fingerprint density at radius 2 is 1.26 bits per heavy atom. The first kappa shape index (κ1) is 27.1. The average Bonchev–Trinajstić information content (AvgIpc) is 2.98. The van der Waals surface area contributed by atoms with Gasteiger partial charge in [0.25, 0.3) is 0 Å². The summed E-state index contributed by atoms with van der Waals surface area (Å²) in [5.41, 5.74) is 4.56. The Balaban J connectivity index is 1.51. The Labute approximate surface area is 227 Å². The van der Waals surface area contributed by atoms with E-state index in [0.29, 0.717) is 19.6 Å². The number of nitrogens with one attached hydrogen (secondary N) is 1. The van der Waals surface area contributed by atoms with E-state index in [1.54, 1.807) is 0 Å². The van der Waals surface area contributed by atoms with Crippen LogP contribution in [0.2, 0.25) is 0 Å². The lowest BCUT2D eigenvalue weighted by molar-refractivity contribution is -0.126. The first-order chi connectivity index (χ1) is 18.7. The van der Waals surface area contributed by atoms with Crippen LogP contribution in [0.4, 0.5) is 0 Å². The van der Waals surface area contributed by atoms with Crippen molar-refractivity contribution in [2.24, 2.45) is 5.92 Å². The molecule has 0 aliphatic heterocycles. The first-order valence-electron chi connectivity index (χ1n) is 13.4. The van der Waals surface area contributed by atoms with Gasteiger partial charge in [0.2, 0.25) is 5.91 Å². The third-order valence-corrected chi connectivity index (χ3v) is 6.80. The number of carbonyl (C=O) groups excluding carboxylic acids is 1. The van der Waals surface area contributed by atoms with Crippen molar-refractivity contribution < 1.29 is 9.53 Å². The Morgan fingerprint density at radius 1 is 0.737 bits per heavy atom.